The zero-order valence-corrected chi connectivity index (χ0v) is 16.4. The zero-order chi connectivity index (χ0) is 20.6. The van der Waals surface area contributed by atoms with Crippen LogP contribution in [-0.2, 0) is 6.54 Å². The van der Waals surface area contributed by atoms with Crippen LogP contribution in [0.15, 0.2) is 78.0 Å². The van der Waals surface area contributed by atoms with Crippen LogP contribution in [-0.4, -0.2) is 16.9 Å². The molecule has 1 aromatic heterocycles. The van der Waals surface area contributed by atoms with Crippen molar-refractivity contribution in [2.24, 2.45) is 4.99 Å². The number of benzene rings is 2. The summed E-state index contributed by atoms with van der Waals surface area (Å²) in [5.74, 6) is -0.260. The molecule has 5 nitrogen and oxygen atoms in total. The van der Waals surface area contributed by atoms with Crippen molar-refractivity contribution in [2.45, 2.75) is 26.3 Å². The van der Waals surface area contributed by atoms with Crippen LogP contribution >= 0.6 is 0 Å². The van der Waals surface area contributed by atoms with Crippen molar-refractivity contribution >= 4 is 17.6 Å². The van der Waals surface area contributed by atoms with Gasteiger partial charge in [0, 0.05) is 23.6 Å². The maximum atomic E-state index is 13.5. The highest BCUT2D eigenvalue weighted by Gasteiger charge is 2.11. The second-order valence-electron chi connectivity index (χ2n) is 6.90. The number of halogens is 1. The lowest BCUT2D eigenvalue weighted by molar-refractivity contribution is 0.0976. The largest absolute Gasteiger partial charge is 0.326 e. The number of rotatable bonds is 5. The van der Waals surface area contributed by atoms with Crippen LogP contribution in [0.25, 0.3) is 0 Å². The van der Waals surface area contributed by atoms with E-state index in [2.05, 4.69) is 34.5 Å². The van der Waals surface area contributed by atoms with Gasteiger partial charge in [-0.05, 0) is 53.4 Å². The lowest BCUT2D eigenvalue weighted by Gasteiger charge is -2.14. The first-order valence-corrected chi connectivity index (χ1v) is 9.38. The SMILES string of the molecule is CC(C)c1cccc(NC(=NCc2cccnc2)NC(=O)c2cccc(F)c2)c1. The van der Waals surface area contributed by atoms with Gasteiger partial charge in [0.2, 0.25) is 5.96 Å². The van der Waals surface area contributed by atoms with Crippen molar-refractivity contribution in [3.8, 4) is 0 Å². The summed E-state index contributed by atoms with van der Waals surface area (Å²) in [5.41, 5.74) is 3.10. The number of hydrogen-bond donors (Lipinski definition) is 2. The lowest BCUT2D eigenvalue weighted by atomic mass is 10.0. The molecule has 0 aliphatic heterocycles. The molecular formula is C23H23FN4O. The highest BCUT2D eigenvalue weighted by Crippen LogP contribution is 2.18. The van der Waals surface area contributed by atoms with Gasteiger partial charge in [-0.15, -0.1) is 0 Å². The van der Waals surface area contributed by atoms with Crippen LogP contribution in [0.4, 0.5) is 10.1 Å². The van der Waals surface area contributed by atoms with E-state index in [9.17, 15) is 9.18 Å². The predicted octanol–water partition coefficient (Wildman–Crippen LogP) is 4.74. The van der Waals surface area contributed by atoms with E-state index in [0.29, 0.717) is 12.5 Å². The molecular weight excluding hydrogens is 367 g/mol. The quantitative estimate of drug-likeness (QED) is 0.488. The van der Waals surface area contributed by atoms with Crippen LogP contribution in [0.2, 0.25) is 0 Å². The van der Waals surface area contributed by atoms with Crippen LogP contribution in [0, 0.1) is 5.82 Å². The molecule has 148 valence electrons. The normalized spacial score (nSPS) is 11.4. The van der Waals surface area contributed by atoms with E-state index in [1.165, 1.54) is 18.2 Å². The van der Waals surface area contributed by atoms with Gasteiger partial charge >= 0.3 is 0 Å². The highest BCUT2D eigenvalue weighted by atomic mass is 19.1. The molecule has 1 heterocycles. The van der Waals surface area contributed by atoms with Gasteiger partial charge in [0.15, 0.2) is 0 Å². The first kappa shape index (κ1) is 20.2. The summed E-state index contributed by atoms with van der Waals surface area (Å²) >= 11 is 0. The number of hydrogen-bond acceptors (Lipinski definition) is 3. The average Bonchev–Trinajstić information content (AvgIpc) is 2.73. The molecule has 0 unspecified atom stereocenters. The number of carbonyl (C=O) groups is 1. The van der Waals surface area contributed by atoms with E-state index >= 15 is 0 Å². The standard InChI is InChI=1S/C23H23FN4O/c1-16(2)18-7-4-10-21(13-18)27-23(26-15-17-6-5-11-25-14-17)28-22(29)19-8-3-9-20(24)12-19/h3-14,16H,15H2,1-2H3,(H2,26,27,28,29). The van der Waals surface area contributed by atoms with Crippen molar-refractivity contribution in [3.63, 3.8) is 0 Å². The fraction of sp³-hybridized carbons (Fsp3) is 0.174. The molecule has 0 aliphatic carbocycles. The zero-order valence-electron chi connectivity index (χ0n) is 16.4. The van der Waals surface area contributed by atoms with Gasteiger partial charge in [0.1, 0.15) is 5.82 Å². The van der Waals surface area contributed by atoms with Crippen molar-refractivity contribution < 1.29 is 9.18 Å². The summed E-state index contributed by atoms with van der Waals surface area (Å²) in [6.45, 7) is 4.56. The van der Waals surface area contributed by atoms with E-state index in [4.69, 9.17) is 0 Å². The predicted molar refractivity (Wildman–Crippen MR) is 113 cm³/mol. The Morgan fingerprint density at radius 2 is 1.93 bits per heavy atom. The molecule has 0 spiro atoms. The second-order valence-corrected chi connectivity index (χ2v) is 6.90. The van der Waals surface area contributed by atoms with Gasteiger partial charge in [0.25, 0.3) is 5.91 Å². The Morgan fingerprint density at radius 3 is 2.66 bits per heavy atom. The molecule has 29 heavy (non-hydrogen) atoms. The molecule has 0 saturated carbocycles. The van der Waals surface area contributed by atoms with Gasteiger partial charge in [0.05, 0.1) is 6.54 Å². The molecule has 6 heteroatoms. The maximum Gasteiger partial charge on any atom is 0.258 e. The molecule has 2 N–H and O–H groups in total. The minimum absolute atomic E-state index is 0.219. The number of carbonyl (C=O) groups excluding carboxylic acids is 1. The molecule has 1 amide bonds. The van der Waals surface area contributed by atoms with Gasteiger partial charge in [-0.2, -0.15) is 0 Å². The minimum Gasteiger partial charge on any atom is -0.326 e. The Bertz CT molecular complexity index is 1000. The van der Waals surface area contributed by atoms with Crippen molar-refractivity contribution in [1.82, 2.24) is 10.3 Å². The number of amides is 1. The summed E-state index contributed by atoms with van der Waals surface area (Å²) in [7, 11) is 0. The monoisotopic (exact) mass is 390 g/mol. The van der Waals surface area contributed by atoms with E-state index in [0.717, 1.165) is 16.8 Å². The molecule has 0 aliphatic rings. The van der Waals surface area contributed by atoms with Crippen LogP contribution < -0.4 is 10.6 Å². The molecule has 3 rings (SSSR count). The lowest BCUT2D eigenvalue weighted by Crippen LogP contribution is -2.36. The first-order chi connectivity index (χ1) is 14.0. The molecule has 0 atom stereocenters. The third kappa shape index (κ3) is 5.97. The van der Waals surface area contributed by atoms with Gasteiger partial charge in [-0.3, -0.25) is 15.1 Å². The van der Waals surface area contributed by atoms with Crippen molar-refractivity contribution in [2.75, 3.05) is 5.32 Å². The van der Waals surface area contributed by atoms with Gasteiger partial charge < -0.3 is 5.32 Å². The van der Waals surface area contributed by atoms with E-state index in [1.807, 2.05) is 36.4 Å². The molecule has 0 saturated heterocycles. The van der Waals surface area contributed by atoms with Gasteiger partial charge in [-0.1, -0.05) is 38.1 Å². The van der Waals surface area contributed by atoms with E-state index in [1.54, 1.807) is 18.5 Å². The number of aromatic nitrogens is 1. The number of aliphatic imine (C=N–C) groups is 1. The molecule has 2 aromatic carbocycles. The Kier molecular flexibility index (Phi) is 6.68. The Hall–Kier alpha value is -3.54. The average molecular weight is 390 g/mol. The smallest absolute Gasteiger partial charge is 0.258 e. The summed E-state index contributed by atoms with van der Waals surface area (Å²) in [5, 5.41) is 5.90. The van der Waals surface area contributed by atoms with Crippen LogP contribution in [0.1, 0.15) is 41.3 Å². The molecule has 0 bridgehead atoms. The molecule has 0 fully saturated rings. The third-order valence-corrected chi connectivity index (χ3v) is 4.28. The summed E-state index contributed by atoms with van der Waals surface area (Å²) < 4.78 is 13.5. The number of guanidine groups is 1. The Morgan fingerprint density at radius 1 is 1.10 bits per heavy atom. The molecule has 3 aromatic rings. The minimum atomic E-state index is -0.468. The summed E-state index contributed by atoms with van der Waals surface area (Å²) in [6.07, 6.45) is 3.41. The first-order valence-electron chi connectivity index (χ1n) is 9.38. The second kappa shape index (κ2) is 9.59. The van der Waals surface area contributed by atoms with Crippen molar-refractivity contribution in [3.05, 3.63) is 95.6 Å². The maximum absolute atomic E-state index is 13.5. The highest BCUT2D eigenvalue weighted by molar-refractivity contribution is 6.09. The number of nitrogens with zero attached hydrogens (tertiary/aromatic N) is 2. The van der Waals surface area contributed by atoms with E-state index < -0.39 is 11.7 Å². The Labute approximate surface area is 169 Å². The Balaban J connectivity index is 1.83. The summed E-state index contributed by atoms with van der Waals surface area (Å²) in [4.78, 5) is 21.1. The molecule has 0 radical (unpaired) electrons. The van der Waals surface area contributed by atoms with Crippen LogP contribution in [0.3, 0.4) is 0 Å². The van der Waals surface area contributed by atoms with E-state index in [-0.39, 0.29) is 11.5 Å². The third-order valence-electron chi connectivity index (χ3n) is 4.28. The fourth-order valence-corrected chi connectivity index (χ4v) is 2.69. The summed E-state index contributed by atoms with van der Waals surface area (Å²) in [6, 6.07) is 17.2. The number of nitrogens with one attached hydrogen (secondary N) is 2. The fourth-order valence-electron chi connectivity index (χ4n) is 2.69. The number of pyridine rings is 1. The number of anilines is 1. The van der Waals surface area contributed by atoms with Gasteiger partial charge in [-0.25, -0.2) is 9.38 Å². The van der Waals surface area contributed by atoms with Crippen LogP contribution in [0.5, 0.6) is 0 Å². The topological polar surface area (TPSA) is 66.4 Å². The van der Waals surface area contributed by atoms with Crippen molar-refractivity contribution in [1.29, 1.82) is 0 Å².